The Kier molecular flexibility index (Phi) is 6.38. The third kappa shape index (κ3) is 4.21. The minimum absolute atomic E-state index is 0.483. The van der Waals surface area contributed by atoms with Gasteiger partial charge in [-0.1, -0.05) is 47.0 Å². The van der Waals surface area contributed by atoms with Crippen molar-refractivity contribution < 1.29 is 0 Å². The number of nitrogens with zero attached hydrogens (tertiary/aromatic N) is 3. The van der Waals surface area contributed by atoms with Gasteiger partial charge in [-0.3, -0.25) is 5.01 Å². The Labute approximate surface area is 107 Å². The molecule has 0 saturated carbocycles. The van der Waals surface area contributed by atoms with E-state index in [2.05, 4.69) is 42.7 Å². The first kappa shape index (κ1) is 14.3. The van der Waals surface area contributed by atoms with Gasteiger partial charge >= 0.3 is 0 Å². The Morgan fingerprint density at radius 1 is 1.06 bits per heavy atom. The number of unbranched alkanes of at least 4 members (excludes halogenated alkanes) is 3. The van der Waals surface area contributed by atoms with Crippen molar-refractivity contribution in [3.05, 3.63) is 0 Å². The van der Waals surface area contributed by atoms with Crippen LogP contribution in [0.25, 0.3) is 0 Å². The molecule has 1 aliphatic heterocycles. The lowest BCUT2D eigenvalue weighted by atomic mass is 10.1. The van der Waals surface area contributed by atoms with Crippen molar-refractivity contribution in [2.45, 2.75) is 66.0 Å². The minimum atomic E-state index is 0.483. The third-order valence-corrected chi connectivity index (χ3v) is 3.31. The Bertz CT molecular complexity index is 226. The molecule has 100 valence electrons. The first-order valence-corrected chi connectivity index (χ1v) is 7.27. The molecule has 0 aliphatic carbocycles. The standard InChI is InChI=1S/C14H29N3/c1-5-7-8-9-11-17-14(13(3)4)16(10-6-2)12-15-17/h12-14H,5-11H2,1-4H3. The van der Waals surface area contributed by atoms with E-state index in [1.165, 1.54) is 32.1 Å². The molecule has 3 nitrogen and oxygen atoms in total. The highest BCUT2D eigenvalue weighted by Gasteiger charge is 2.29. The van der Waals surface area contributed by atoms with E-state index in [1.807, 2.05) is 6.34 Å². The highest BCUT2D eigenvalue weighted by Crippen LogP contribution is 2.21. The first-order valence-electron chi connectivity index (χ1n) is 7.27. The van der Waals surface area contributed by atoms with E-state index in [-0.39, 0.29) is 0 Å². The zero-order chi connectivity index (χ0) is 12.7. The molecule has 0 amide bonds. The summed E-state index contributed by atoms with van der Waals surface area (Å²) in [4.78, 5) is 2.39. The summed E-state index contributed by atoms with van der Waals surface area (Å²) in [5, 5.41) is 6.86. The monoisotopic (exact) mass is 239 g/mol. The fourth-order valence-corrected chi connectivity index (χ4v) is 2.51. The molecule has 0 aromatic rings. The molecule has 0 aromatic heterocycles. The van der Waals surface area contributed by atoms with Gasteiger partial charge in [0.25, 0.3) is 0 Å². The second kappa shape index (κ2) is 7.57. The van der Waals surface area contributed by atoms with Crippen LogP contribution in [-0.2, 0) is 0 Å². The summed E-state index contributed by atoms with van der Waals surface area (Å²) in [7, 11) is 0. The van der Waals surface area contributed by atoms with Crippen LogP contribution in [0.2, 0.25) is 0 Å². The van der Waals surface area contributed by atoms with E-state index >= 15 is 0 Å². The second-order valence-electron chi connectivity index (χ2n) is 5.35. The maximum absolute atomic E-state index is 4.57. The molecule has 0 saturated heterocycles. The quantitative estimate of drug-likeness (QED) is 0.604. The summed E-state index contributed by atoms with van der Waals surface area (Å²) in [6, 6.07) is 0. The van der Waals surface area contributed by atoms with Gasteiger partial charge in [-0.15, -0.1) is 0 Å². The van der Waals surface area contributed by atoms with Crippen molar-refractivity contribution in [3.63, 3.8) is 0 Å². The molecule has 1 aliphatic rings. The van der Waals surface area contributed by atoms with Gasteiger partial charge in [-0.25, -0.2) is 0 Å². The Hall–Kier alpha value is -0.730. The normalized spacial score (nSPS) is 19.7. The van der Waals surface area contributed by atoms with Gasteiger partial charge in [0.15, 0.2) is 0 Å². The van der Waals surface area contributed by atoms with Crippen molar-refractivity contribution in [2.75, 3.05) is 13.1 Å². The largest absolute Gasteiger partial charge is 0.339 e. The van der Waals surface area contributed by atoms with Crippen molar-refractivity contribution in [2.24, 2.45) is 11.0 Å². The smallest absolute Gasteiger partial charge is 0.121 e. The predicted molar refractivity (Wildman–Crippen MR) is 75.0 cm³/mol. The molecule has 0 fully saturated rings. The van der Waals surface area contributed by atoms with Crippen molar-refractivity contribution in [1.82, 2.24) is 9.91 Å². The molecule has 0 bridgehead atoms. The van der Waals surface area contributed by atoms with Crippen LogP contribution in [0.1, 0.15) is 59.8 Å². The first-order chi connectivity index (χ1) is 8.20. The average Bonchev–Trinajstić information content (AvgIpc) is 2.68. The fraction of sp³-hybridized carbons (Fsp3) is 0.929. The van der Waals surface area contributed by atoms with Gasteiger partial charge in [0.05, 0.1) is 0 Å². The zero-order valence-electron chi connectivity index (χ0n) is 12.0. The van der Waals surface area contributed by atoms with Gasteiger partial charge in [0.1, 0.15) is 12.5 Å². The van der Waals surface area contributed by atoms with Gasteiger partial charge in [0, 0.05) is 13.1 Å². The predicted octanol–water partition coefficient (Wildman–Crippen LogP) is 3.52. The molecular weight excluding hydrogens is 210 g/mol. The Morgan fingerprint density at radius 3 is 2.41 bits per heavy atom. The van der Waals surface area contributed by atoms with E-state index in [1.54, 1.807) is 0 Å². The van der Waals surface area contributed by atoms with E-state index in [9.17, 15) is 0 Å². The summed E-state index contributed by atoms with van der Waals surface area (Å²) in [6.07, 6.45) is 8.97. The summed E-state index contributed by atoms with van der Waals surface area (Å²) < 4.78 is 0. The highest BCUT2D eigenvalue weighted by molar-refractivity contribution is 5.57. The lowest BCUT2D eigenvalue weighted by Crippen LogP contribution is -2.44. The molecular formula is C14H29N3. The maximum atomic E-state index is 4.57. The number of hydrogen-bond donors (Lipinski definition) is 0. The average molecular weight is 239 g/mol. The number of hydrogen-bond acceptors (Lipinski definition) is 3. The molecule has 0 spiro atoms. The summed E-state index contributed by atoms with van der Waals surface area (Å²) >= 11 is 0. The molecule has 1 atom stereocenters. The maximum Gasteiger partial charge on any atom is 0.121 e. The summed E-state index contributed by atoms with van der Waals surface area (Å²) in [6.45, 7) is 11.3. The zero-order valence-corrected chi connectivity index (χ0v) is 12.0. The number of rotatable bonds is 8. The lowest BCUT2D eigenvalue weighted by molar-refractivity contribution is 0.0874. The Balaban J connectivity index is 2.40. The molecule has 0 aromatic carbocycles. The van der Waals surface area contributed by atoms with Crippen LogP contribution in [0.4, 0.5) is 0 Å². The minimum Gasteiger partial charge on any atom is -0.339 e. The van der Waals surface area contributed by atoms with Crippen LogP contribution in [-0.4, -0.2) is 35.5 Å². The topological polar surface area (TPSA) is 18.8 Å². The number of hydrazone groups is 1. The molecule has 1 rings (SSSR count). The van der Waals surface area contributed by atoms with Crippen LogP contribution >= 0.6 is 0 Å². The van der Waals surface area contributed by atoms with Gasteiger partial charge in [-0.05, 0) is 18.8 Å². The van der Waals surface area contributed by atoms with Crippen LogP contribution in [0, 0.1) is 5.92 Å². The van der Waals surface area contributed by atoms with Gasteiger partial charge in [-0.2, -0.15) is 5.10 Å². The molecule has 0 radical (unpaired) electrons. The SMILES string of the molecule is CCCCCCN1N=CN(CCC)C1C(C)C. The third-order valence-electron chi connectivity index (χ3n) is 3.31. The summed E-state index contributed by atoms with van der Waals surface area (Å²) in [5.74, 6) is 0.634. The molecule has 0 N–H and O–H groups in total. The van der Waals surface area contributed by atoms with E-state index in [0.717, 1.165) is 13.1 Å². The van der Waals surface area contributed by atoms with Crippen LogP contribution < -0.4 is 0 Å². The van der Waals surface area contributed by atoms with E-state index in [4.69, 9.17) is 0 Å². The second-order valence-corrected chi connectivity index (χ2v) is 5.35. The van der Waals surface area contributed by atoms with Crippen LogP contribution in [0.3, 0.4) is 0 Å². The van der Waals surface area contributed by atoms with Crippen molar-refractivity contribution in [3.8, 4) is 0 Å². The van der Waals surface area contributed by atoms with Crippen LogP contribution in [0.15, 0.2) is 5.10 Å². The van der Waals surface area contributed by atoms with E-state index < -0.39 is 0 Å². The fourth-order valence-electron chi connectivity index (χ4n) is 2.51. The van der Waals surface area contributed by atoms with E-state index in [0.29, 0.717) is 12.1 Å². The van der Waals surface area contributed by atoms with Crippen molar-refractivity contribution >= 4 is 6.34 Å². The molecule has 1 unspecified atom stereocenters. The molecule has 3 heteroatoms. The molecule has 17 heavy (non-hydrogen) atoms. The molecule has 1 heterocycles. The van der Waals surface area contributed by atoms with Crippen LogP contribution in [0.5, 0.6) is 0 Å². The van der Waals surface area contributed by atoms with Crippen molar-refractivity contribution in [1.29, 1.82) is 0 Å². The van der Waals surface area contributed by atoms with Gasteiger partial charge < -0.3 is 4.90 Å². The Morgan fingerprint density at radius 2 is 1.82 bits per heavy atom. The van der Waals surface area contributed by atoms with Gasteiger partial charge in [0.2, 0.25) is 0 Å². The summed E-state index contributed by atoms with van der Waals surface area (Å²) in [5.41, 5.74) is 0. The highest BCUT2D eigenvalue weighted by atomic mass is 15.6. The lowest BCUT2D eigenvalue weighted by Gasteiger charge is -2.33.